The van der Waals surface area contributed by atoms with Crippen molar-refractivity contribution in [2.24, 2.45) is 11.3 Å². The molecule has 0 fully saturated rings. The number of amides is 1. The third-order valence-electron chi connectivity index (χ3n) is 9.60. The molecule has 0 aromatic heterocycles. The molecule has 0 saturated heterocycles. The van der Waals surface area contributed by atoms with E-state index in [2.05, 4.69) is 19.9 Å². The van der Waals surface area contributed by atoms with Crippen molar-refractivity contribution in [3.8, 4) is 5.75 Å². The standard InChI is InChI=1S/C37H33NO5S/c1-24-14-20-28(21-15-24)44(40,41)38-33-13-9-8-12-30(33)37(35(38)39)31(25-10-6-5-7-11-25)22-29-32(36(37,2)3)23-43-34(29)26-16-18-27(42-4)19-17-26/h5-22,32H,23H2,1-4H3/t32-,37-/m0/s1. The van der Waals surface area contributed by atoms with Gasteiger partial charge in [-0.15, -0.1) is 0 Å². The second-order valence-corrected chi connectivity index (χ2v) is 14.0. The van der Waals surface area contributed by atoms with Gasteiger partial charge >= 0.3 is 0 Å². The lowest BCUT2D eigenvalue weighted by Gasteiger charge is -2.51. The SMILES string of the molecule is COc1ccc(C2=C3C=C(c4ccccc4)[C@@]4(C(=O)N(S(=O)(=O)c5ccc(C)cc5)c5ccccc54)C(C)(C)[C@H]3CO2)cc1. The Labute approximate surface area is 258 Å². The van der Waals surface area contributed by atoms with Crippen molar-refractivity contribution in [1.82, 2.24) is 0 Å². The van der Waals surface area contributed by atoms with Crippen molar-refractivity contribution in [3.05, 3.63) is 137 Å². The van der Waals surface area contributed by atoms with Crippen LogP contribution in [0.3, 0.4) is 0 Å². The van der Waals surface area contributed by atoms with E-state index in [-0.39, 0.29) is 10.8 Å². The van der Waals surface area contributed by atoms with Gasteiger partial charge in [0.25, 0.3) is 15.9 Å². The molecular weight excluding hydrogens is 570 g/mol. The Hall–Kier alpha value is -4.62. The Morgan fingerprint density at radius 2 is 1.50 bits per heavy atom. The summed E-state index contributed by atoms with van der Waals surface area (Å²) < 4.78 is 41.6. The van der Waals surface area contributed by atoms with Crippen LogP contribution >= 0.6 is 0 Å². The molecule has 6 nitrogen and oxygen atoms in total. The number of anilines is 1. The highest BCUT2D eigenvalue weighted by atomic mass is 32.2. The van der Waals surface area contributed by atoms with E-state index < -0.39 is 26.8 Å². The summed E-state index contributed by atoms with van der Waals surface area (Å²) in [6.45, 7) is 6.41. The van der Waals surface area contributed by atoms with Gasteiger partial charge in [-0.1, -0.05) is 80.1 Å². The van der Waals surface area contributed by atoms with Crippen LogP contribution in [0, 0.1) is 18.3 Å². The first-order valence-electron chi connectivity index (χ1n) is 14.7. The minimum Gasteiger partial charge on any atom is -0.497 e. The van der Waals surface area contributed by atoms with Gasteiger partial charge in [-0.05, 0) is 77.6 Å². The maximum Gasteiger partial charge on any atom is 0.270 e. The molecule has 2 heterocycles. The molecule has 4 aromatic carbocycles. The predicted octanol–water partition coefficient (Wildman–Crippen LogP) is 7.16. The number of rotatable bonds is 5. The topological polar surface area (TPSA) is 72.9 Å². The predicted molar refractivity (Wildman–Crippen MR) is 172 cm³/mol. The lowest BCUT2D eigenvalue weighted by molar-refractivity contribution is -0.124. The van der Waals surface area contributed by atoms with E-state index in [0.29, 0.717) is 17.9 Å². The number of ether oxygens (including phenoxy) is 2. The van der Waals surface area contributed by atoms with Gasteiger partial charge in [-0.2, -0.15) is 0 Å². The maximum absolute atomic E-state index is 15.3. The lowest BCUT2D eigenvalue weighted by Crippen LogP contribution is -2.57. The highest BCUT2D eigenvalue weighted by molar-refractivity contribution is 7.93. The van der Waals surface area contributed by atoms with Gasteiger partial charge in [-0.25, -0.2) is 12.7 Å². The number of allylic oxidation sites excluding steroid dienone is 1. The summed E-state index contributed by atoms with van der Waals surface area (Å²) in [5.74, 6) is 0.847. The van der Waals surface area contributed by atoms with Crippen molar-refractivity contribution < 1.29 is 22.7 Å². The Bertz CT molecular complexity index is 1960. The molecule has 1 aliphatic carbocycles. The molecule has 222 valence electrons. The number of hydrogen-bond donors (Lipinski definition) is 0. The van der Waals surface area contributed by atoms with E-state index in [1.165, 1.54) is 0 Å². The van der Waals surface area contributed by atoms with Crippen molar-refractivity contribution >= 4 is 33.0 Å². The van der Waals surface area contributed by atoms with E-state index in [4.69, 9.17) is 9.47 Å². The van der Waals surface area contributed by atoms with Crippen LogP contribution < -0.4 is 9.04 Å². The number of nitrogens with zero attached hydrogens (tertiary/aromatic N) is 1. The van der Waals surface area contributed by atoms with Crippen LogP contribution in [0.1, 0.15) is 36.1 Å². The minimum atomic E-state index is -4.23. The summed E-state index contributed by atoms with van der Waals surface area (Å²) in [6.07, 6.45) is 2.08. The third kappa shape index (κ3) is 3.78. The summed E-state index contributed by atoms with van der Waals surface area (Å²) >= 11 is 0. The van der Waals surface area contributed by atoms with Gasteiger partial charge in [0.2, 0.25) is 0 Å². The normalized spacial score (nSPS) is 22.0. The molecule has 7 rings (SSSR count). The highest BCUT2D eigenvalue weighted by Crippen LogP contribution is 2.66. The summed E-state index contributed by atoms with van der Waals surface area (Å²) in [5, 5.41) is 0. The molecule has 0 saturated carbocycles. The fraction of sp³-hybridized carbons (Fsp3) is 0.216. The van der Waals surface area contributed by atoms with Crippen molar-refractivity contribution in [2.45, 2.75) is 31.1 Å². The van der Waals surface area contributed by atoms with E-state index in [1.807, 2.05) is 73.7 Å². The van der Waals surface area contributed by atoms with Crippen LogP contribution in [0.25, 0.3) is 11.3 Å². The maximum atomic E-state index is 15.3. The van der Waals surface area contributed by atoms with Gasteiger partial charge in [0.1, 0.15) is 16.9 Å². The highest BCUT2D eigenvalue weighted by Gasteiger charge is 2.68. The van der Waals surface area contributed by atoms with Gasteiger partial charge < -0.3 is 9.47 Å². The number of carbonyl (C=O) groups is 1. The van der Waals surface area contributed by atoms with E-state index >= 15 is 4.79 Å². The van der Waals surface area contributed by atoms with E-state index in [9.17, 15) is 8.42 Å². The average Bonchev–Trinajstić information content (AvgIpc) is 3.58. The smallest absolute Gasteiger partial charge is 0.270 e. The summed E-state index contributed by atoms with van der Waals surface area (Å²) in [4.78, 5) is 15.3. The fourth-order valence-corrected chi connectivity index (χ4v) is 8.79. The minimum absolute atomic E-state index is 0.0775. The molecule has 0 N–H and O–H groups in total. The number of methoxy groups -OCH3 is 1. The Morgan fingerprint density at radius 3 is 2.18 bits per heavy atom. The quantitative estimate of drug-likeness (QED) is 0.242. The summed E-state index contributed by atoms with van der Waals surface area (Å²) in [5.41, 5.74) is 3.42. The zero-order valence-electron chi connectivity index (χ0n) is 25.1. The lowest BCUT2D eigenvalue weighted by atomic mass is 9.49. The molecule has 0 bridgehead atoms. The van der Waals surface area contributed by atoms with E-state index in [1.54, 1.807) is 43.5 Å². The zero-order valence-corrected chi connectivity index (χ0v) is 25.9. The van der Waals surface area contributed by atoms with Gasteiger partial charge in [0.05, 0.1) is 24.3 Å². The first kappa shape index (κ1) is 28.2. The zero-order chi connectivity index (χ0) is 30.9. The van der Waals surface area contributed by atoms with Crippen LogP contribution in [0.5, 0.6) is 5.75 Å². The molecule has 2 atom stereocenters. The molecule has 0 radical (unpaired) electrons. The van der Waals surface area contributed by atoms with Gasteiger partial charge in [0, 0.05) is 17.1 Å². The molecule has 44 heavy (non-hydrogen) atoms. The number of sulfonamides is 1. The largest absolute Gasteiger partial charge is 0.497 e. The van der Waals surface area contributed by atoms with E-state index in [0.717, 1.165) is 43.7 Å². The number of benzene rings is 4. The average molecular weight is 604 g/mol. The second-order valence-electron chi connectivity index (χ2n) is 12.2. The van der Waals surface area contributed by atoms with Crippen LogP contribution in [0.15, 0.2) is 120 Å². The number of carbonyl (C=O) groups excluding carboxylic acids is 1. The fourth-order valence-electron chi connectivity index (χ4n) is 7.33. The number of aryl methyl sites for hydroxylation is 1. The monoisotopic (exact) mass is 603 g/mol. The van der Waals surface area contributed by atoms with Crippen LogP contribution in [0.2, 0.25) is 0 Å². The molecule has 4 aromatic rings. The Kier molecular flexibility index (Phi) is 6.38. The van der Waals surface area contributed by atoms with Crippen LogP contribution in [0.4, 0.5) is 5.69 Å². The molecule has 1 amide bonds. The Balaban J connectivity index is 1.52. The number of fused-ring (bicyclic) bond motifs is 3. The molecule has 7 heteroatoms. The Morgan fingerprint density at radius 1 is 0.841 bits per heavy atom. The molecular formula is C37H33NO5S. The summed E-state index contributed by atoms with van der Waals surface area (Å²) in [6, 6.07) is 31.5. The molecule has 2 aliphatic heterocycles. The number of hydrogen-bond acceptors (Lipinski definition) is 5. The second kappa shape index (κ2) is 9.96. The first-order chi connectivity index (χ1) is 21.1. The first-order valence-corrected chi connectivity index (χ1v) is 16.1. The number of para-hydroxylation sites is 1. The van der Waals surface area contributed by atoms with Gasteiger partial charge in [0.15, 0.2) is 0 Å². The third-order valence-corrected chi connectivity index (χ3v) is 11.3. The van der Waals surface area contributed by atoms with Crippen LogP contribution in [-0.2, 0) is 25.0 Å². The molecule has 1 spiro atoms. The molecule has 3 aliphatic rings. The van der Waals surface area contributed by atoms with Crippen LogP contribution in [-0.4, -0.2) is 28.0 Å². The van der Waals surface area contributed by atoms with Gasteiger partial charge in [-0.3, -0.25) is 4.79 Å². The molecule has 0 unspecified atom stereocenters. The van der Waals surface area contributed by atoms with Crippen molar-refractivity contribution in [1.29, 1.82) is 0 Å². The van der Waals surface area contributed by atoms with Crippen molar-refractivity contribution in [3.63, 3.8) is 0 Å². The summed E-state index contributed by atoms with van der Waals surface area (Å²) in [7, 11) is -2.60. The van der Waals surface area contributed by atoms with Crippen molar-refractivity contribution in [2.75, 3.05) is 18.0 Å².